The van der Waals surface area contributed by atoms with E-state index >= 15 is 0 Å². The molecule has 0 atom stereocenters. The highest BCUT2D eigenvalue weighted by Crippen LogP contribution is 2.36. The van der Waals surface area contributed by atoms with Crippen LogP contribution < -0.4 is 4.90 Å². The maximum absolute atomic E-state index is 11.9. The first-order valence-electron chi connectivity index (χ1n) is 12.5. The van der Waals surface area contributed by atoms with E-state index in [9.17, 15) is 4.79 Å². The van der Waals surface area contributed by atoms with Crippen molar-refractivity contribution in [3.63, 3.8) is 0 Å². The van der Waals surface area contributed by atoms with E-state index in [1.807, 2.05) is 18.3 Å². The van der Waals surface area contributed by atoms with Gasteiger partial charge in [0, 0.05) is 75.7 Å². The lowest BCUT2D eigenvalue weighted by Gasteiger charge is -2.33. The van der Waals surface area contributed by atoms with Crippen LogP contribution in [0.5, 0.6) is 0 Å². The van der Waals surface area contributed by atoms with Crippen LogP contribution in [-0.2, 0) is 16.1 Å². The van der Waals surface area contributed by atoms with E-state index in [2.05, 4.69) is 32.1 Å². The minimum absolute atomic E-state index is 0.339. The molecule has 11 nitrogen and oxygen atoms in total. The van der Waals surface area contributed by atoms with Crippen molar-refractivity contribution < 1.29 is 14.4 Å². The minimum Gasteiger partial charge on any atom is -0.378 e. The van der Waals surface area contributed by atoms with Crippen molar-refractivity contribution in [2.24, 2.45) is 0 Å². The third-order valence-corrected chi connectivity index (χ3v) is 7.83. The number of amides is 1. The Labute approximate surface area is 218 Å². The molecular weight excluding hydrogens is 492 g/mol. The molecule has 0 saturated carbocycles. The van der Waals surface area contributed by atoms with Crippen LogP contribution in [0.1, 0.15) is 4.88 Å². The predicted octanol–water partition coefficient (Wildman–Crippen LogP) is 2.80. The van der Waals surface area contributed by atoms with Gasteiger partial charge in [-0.05, 0) is 12.1 Å². The summed E-state index contributed by atoms with van der Waals surface area (Å²) in [5, 5.41) is 10.0. The molecule has 6 rings (SSSR count). The van der Waals surface area contributed by atoms with Gasteiger partial charge in [0.2, 0.25) is 0 Å². The SMILES string of the molecule is CN(C)C(=O)ON1CCN(Cc2cc3nc(-c4cccc5[nH]ncc45)nc(N4CCOCC4)c3s2)CC1. The Morgan fingerprint density at radius 1 is 1.14 bits per heavy atom. The number of morpholine rings is 1. The number of benzene rings is 1. The topological polar surface area (TPSA) is 103 Å². The number of carbonyl (C=O) groups excluding carboxylic acids is 1. The van der Waals surface area contributed by atoms with E-state index in [1.165, 1.54) is 9.78 Å². The third kappa shape index (κ3) is 4.97. The molecule has 2 fully saturated rings. The molecule has 194 valence electrons. The zero-order valence-electron chi connectivity index (χ0n) is 21.0. The summed E-state index contributed by atoms with van der Waals surface area (Å²) in [6.07, 6.45) is 1.50. The first kappa shape index (κ1) is 24.0. The number of aromatic nitrogens is 4. The van der Waals surface area contributed by atoms with Gasteiger partial charge in [-0.25, -0.2) is 14.8 Å². The minimum atomic E-state index is -0.339. The van der Waals surface area contributed by atoms with Gasteiger partial charge in [-0.2, -0.15) is 5.10 Å². The Hall–Kier alpha value is -3.32. The molecule has 0 spiro atoms. The maximum atomic E-state index is 11.9. The molecule has 2 aliphatic rings. The van der Waals surface area contributed by atoms with Crippen molar-refractivity contribution in [2.75, 3.05) is 71.5 Å². The van der Waals surface area contributed by atoms with E-state index in [4.69, 9.17) is 19.5 Å². The van der Waals surface area contributed by atoms with Gasteiger partial charge < -0.3 is 19.4 Å². The fourth-order valence-corrected chi connectivity index (χ4v) is 5.86. The largest absolute Gasteiger partial charge is 0.428 e. The number of anilines is 1. The molecule has 2 aliphatic heterocycles. The summed E-state index contributed by atoms with van der Waals surface area (Å²) in [6.45, 7) is 6.84. The van der Waals surface area contributed by atoms with Crippen molar-refractivity contribution in [1.29, 1.82) is 0 Å². The van der Waals surface area contributed by atoms with Crippen molar-refractivity contribution in [3.8, 4) is 11.4 Å². The van der Waals surface area contributed by atoms with Gasteiger partial charge in [0.1, 0.15) is 0 Å². The molecule has 0 aliphatic carbocycles. The van der Waals surface area contributed by atoms with Crippen molar-refractivity contribution in [3.05, 3.63) is 35.3 Å². The molecule has 12 heteroatoms. The van der Waals surface area contributed by atoms with E-state index in [-0.39, 0.29) is 6.09 Å². The van der Waals surface area contributed by atoms with Crippen molar-refractivity contribution in [2.45, 2.75) is 6.54 Å². The Balaban J connectivity index is 1.28. The lowest BCUT2D eigenvalue weighted by molar-refractivity contribution is -0.131. The molecule has 0 radical (unpaired) electrons. The number of nitrogens with zero attached hydrogens (tertiary/aromatic N) is 7. The number of hydrogen-bond donors (Lipinski definition) is 1. The number of piperazine rings is 1. The lowest BCUT2D eigenvalue weighted by Crippen LogP contribution is -2.47. The van der Waals surface area contributed by atoms with Gasteiger partial charge in [0.05, 0.1) is 35.1 Å². The predicted molar refractivity (Wildman–Crippen MR) is 143 cm³/mol. The van der Waals surface area contributed by atoms with Gasteiger partial charge in [0.25, 0.3) is 0 Å². The Kier molecular flexibility index (Phi) is 6.63. The van der Waals surface area contributed by atoms with Gasteiger partial charge >= 0.3 is 6.09 Å². The molecule has 3 aromatic heterocycles. The molecule has 1 amide bonds. The Bertz CT molecular complexity index is 1410. The zero-order chi connectivity index (χ0) is 25.4. The van der Waals surface area contributed by atoms with Gasteiger partial charge in [-0.3, -0.25) is 10.00 Å². The number of ether oxygens (including phenoxy) is 1. The van der Waals surface area contributed by atoms with Crippen molar-refractivity contribution in [1.82, 2.24) is 35.0 Å². The molecule has 0 unspecified atom stereocenters. The van der Waals surface area contributed by atoms with Crippen molar-refractivity contribution >= 4 is 44.4 Å². The quantitative estimate of drug-likeness (QED) is 0.424. The number of hydroxylamine groups is 2. The first-order valence-corrected chi connectivity index (χ1v) is 13.3. The van der Waals surface area contributed by atoms with Crippen LogP contribution in [0.3, 0.4) is 0 Å². The molecule has 4 aromatic rings. The van der Waals surface area contributed by atoms with Gasteiger partial charge in [0.15, 0.2) is 11.6 Å². The Morgan fingerprint density at radius 3 is 2.73 bits per heavy atom. The fourth-order valence-electron chi connectivity index (χ4n) is 4.71. The second kappa shape index (κ2) is 10.2. The number of thiophene rings is 1. The summed E-state index contributed by atoms with van der Waals surface area (Å²) in [5.74, 6) is 1.68. The molecule has 1 aromatic carbocycles. The Morgan fingerprint density at radius 2 is 1.95 bits per heavy atom. The number of rotatable bonds is 5. The highest BCUT2D eigenvalue weighted by atomic mass is 32.1. The monoisotopic (exact) mass is 522 g/mol. The summed E-state index contributed by atoms with van der Waals surface area (Å²) >= 11 is 1.76. The summed E-state index contributed by atoms with van der Waals surface area (Å²) in [4.78, 5) is 34.8. The van der Waals surface area contributed by atoms with Gasteiger partial charge in [-0.1, -0.05) is 12.1 Å². The van der Waals surface area contributed by atoms with Crippen LogP contribution in [0.25, 0.3) is 32.5 Å². The molecular formula is C25H30N8O3S. The molecule has 5 heterocycles. The summed E-state index contributed by atoms with van der Waals surface area (Å²) in [7, 11) is 3.38. The van der Waals surface area contributed by atoms with Crippen LogP contribution in [0.4, 0.5) is 10.6 Å². The number of aromatic amines is 1. The van der Waals surface area contributed by atoms with E-state index < -0.39 is 0 Å². The fraction of sp³-hybridized carbons (Fsp3) is 0.440. The first-order chi connectivity index (χ1) is 18.0. The molecule has 37 heavy (non-hydrogen) atoms. The number of nitrogens with one attached hydrogen (secondary N) is 1. The summed E-state index contributed by atoms with van der Waals surface area (Å²) in [5.41, 5.74) is 2.90. The van der Waals surface area contributed by atoms with Crippen LogP contribution >= 0.6 is 11.3 Å². The highest BCUT2D eigenvalue weighted by Gasteiger charge is 2.24. The standard InChI is InChI=1S/C25H30N8O3S/c1-30(2)25(34)36-33-8-6-31(7-9-33)16-17-14-21-22(37-17)24(32-10-12-35-13-11-32)28-23(27-21)18-4-3-5-20-19(18)15-26-29-20/h3-5,14-15H,6-13,16H2,1-2H3,(H,26,29). The van der Waals surface area contributed by atoms with Crippen LogP contribution in [0.15, 0.2) is 30.5 Å². The van der Waals surface area contributed by atoms with Gasteiger partial charge in [-0.15, -0.1) is 16.4 Å². The molecule has 2 saturated heterocycles. The molecule has 1 N–H and O–H groups in total. The average Bonchev–Trinajstić information content (AvgIpc) is 3.56. The van der Waals surface area contributed by atoms with E-state index in [0.29, 0.717) is 32.1 Å². The smallest absolute Gasteiger partial charge is 0.378 e. The van der Waals surface area contributed by atoms with E-state index in [0.717, 1.165) is 65.2 Å². The lowest BCUT2D eigenvalue weighted by atomic mass is 10.1. The second-order valence-electron chi connectivity index (χ2n) is 9.49. The number of hydrogen-bond acceptors (Lipinski definition) is 10. The summed E-state index contributed by atoms with van der Waals surface area (Å²) < 4.78 is 6.72. The number of carbonyl (C=O) groups is 1. The second-order valence-corrected chi connectivity index (χ2v) is 10.6. The van der Waals surface area contributed by atoms with E-state index in [1.54, 1.807) is 30.5 Å². The average molecular weight is 523 g/mol. The zero-order valence-corrected chi connectivity index (χ0v) is 21.8. The molecule has 0 bridgehead atoms. The normalized spacial score (nSPS) is 17.5. The summed E-state index contributed by atoms with van der Waals surface area (Å²) in [6, 6.07) is 8.27. The van der Waals surface area contributed by atoms with Crippen LogP contribution in [0.2, 0.25) is 0 Å². The number of H-pyrrole nitrogens is 1. The highest BCUT2D eigenvalue weighted by molar-refractivity contribution is 7.19. The maximum Gasteiger partial charge on any atom is 0.428 e. The third-order valence-electron chi connectivity index (χ3n) is 6.72. The number of fused-ring (bicyclic) bond motifs is 2. The van der Waals surface area contributed by atoms with Crippen LogP contribution in [0, 0.1) is 0 Å². The van der Waals surface area contributed by atoms with Crippen LogP contribution in [-0.4, -0.2) is 108 Å².